The van der Waals surface area contributed by atoms with E-state index in [2.05, 4.69) is 10.3 Å². The zero-order valence-electron chi connectivity index (χ0n) is 15.5. The van der Waals surface area contributed by atoms with Gasteiger partial charge in [-0.2, -0.15) is 0 Å². The van der Waals surface area contributed by atoms with E-state index in [9.17, 15) is 9.59 Å². The first-order valence-electron chi connectivity index (χ1n) is 8.60. The number of hydrogen-bond donors (Lipinski definition) is 2. The molecular formula is C21H21ClN2O2S. The average molecular weight is 401 g/mol. The molecule has 0 spiro atoms. The number of hydrogen-bond acceptors (Lipinski definition) is 3. The van der Waals surface area contributed by atoms with E-state index in [1.165, 1.54) is 11.8 Å². The zero-order chi connectivity index (χ0) is 19.6. The normalized spacial score (nSPS) is 11.0. The van der Waals surface area contributed by atoms with Crippen LogP contribution in [-0.4, -0.2) is 16.6 Å². The molecule has 6 heteroatoms. The van der Waals surface area contributed by atoms with E-state index in [4.69, 9.17) is 11.6 Å². The highest BCUT2D eigenvalue weighted by atomic mass is 35.5. The molecule has 0 aliphatic carbocycles. The summed E-state index contributed by atoms with van der Waals surface area (Å²) in [6.07, 6.45) is 0. The predicted molar refractivity (Wildman–Crippen MR) is 115 cm³/mol. The molecule has 1 amide bonds. The van der Waals surface area contributed by atoms with E-state index in [0.717, 1.165) is 33.3 Å². The van der Waals surface area contributed by atoms with E-state index < -0.39 is 0 Å². The largest absolute Gasteiger partial charge is 0.357 e. The fourth-order valence-corrected chi connectivity index (χ4v) is 3.95. The minimum absolute atomic E-state index is 0.00981. The zero-order valence-corrected chi connectivity index (χ0v) is 17.1. The second-order valence-electron chi connectivity index (χ2n) is 6.67. The number of nitrogens with one attached hydrogen (secondary N) is 2. The quantitative estimate of drug-likeness (QED) is 0.635. The van der Waals surface area contributed by atoms with Crippen LogP contribution in [0, 0.1) is 20.8 Å². The predicted octanol–water partition coefficient (Wildman–Crippen LogP) is 4.98. The lowest BCUT2D eigenvalue weighted by atomic mass is 10.1. The van der Waals surface area contributed by atoms with E-state index in [-0.39, 0.29) is 11.3 Å². The van der Waals surface area contributed by atoms with Crippen LogP contribution in [-0.2, 0) is 10.5 Å². The maximum absolute atomic E-state index is 12.4. The molecule has 3 aromatic rings. The smallest absolute Gasteiger partial charge is 0.234 e. The summed E-state index contributed by atoms with van der Waals surface area (Å²) in [5.74, 6) is 0.744. The number of anilines is 1. The van der Waals surface area contributed by atoms with Gasteiger partial charge in [0.25, 0.3) is 0 Å². The molecule has 4 nitrogen and oxygen atoms in total. The van der Waals surface area contributed by atoms with Crippen molar-refractivity contribution in [3.05, 3.63) is 74.0 Å². The molecule has 0 fully saturated rings. The van der Waals surface area contributed by atoms with E-state index in [1.54, 1.807) is 12.1 Å². The number of thioether (sulfide) groups is 1. The lowest BCUT2D eigenvalue weighted by Gasteiger charge is -2.09. The number of carbonyl (C=O) groups is 1. The number of pyridine rings is 1. The van der Waals surface area contributed by atoms with Crippen LogP contribution in [0.3, 0.4) is 0 Å². The second-order valence-corrected chi connectivity index (χ2v) is 8.06. The van der Waals surface area contributed by atoms with Gasteiger partial charge in [-0.05, 0) is 55.7 Å². The summed E-state index contributed by atoms with van der Waals surface area (Å²) in [6, 6.07) is 11.0. The van der Waals surface area contributed by atoms with Gasteiger partial charge in [-0.25, -0.2) is 0 Å². The highest BCUT2D eigenvalue weighted by Crippen LogP contribution is 2.21. The van der Waals surface area contributed by atoms with E-state index in [1.807, 2.05) is 45.0 Å². The summed E-state index contributed by atoms with van der Waals surface area (Å²) in [5, 5.41) is 4.19. The number of rotatable bonds is 5. The minimum Gasteiger partial charge on any atom is -0.357 e. The van der Waals surface area contributed by atoms with Crippen LogP contribution < -0.4 is 10.7 Å². The van der Waals surface area contributed by atoms with Crippen LogP contribution in [0.5, 0.6) is 0 Å². The van der Waals surface area contributed by atoms with Crippen molar-refractivity contribution >= 4 is 45.9 Å². The van der Waals surface area contributed by atoms with Gasteiger partial charge < -0.3 is 10.3 Å². The number of carbonyl (C=O) groups excluding carboxylic acids is 1. The van der Waals surface area contributed by atoms with Gasteiger partial charge >= 0.3 is 0 Å². The van der Waals surface area contributed by atoms with Gasteiger partial charge in [0.2, 0.25) is 5.91 Å². The van der Waals surface area contributed by atoms with Gasteiger partial charge in [0.1, 0.15) is 0 Å². The molecule has 0 aliphatic heterocycles. The maximum atomic E-state index is 12.4. The first-order valence-corrected chi connectivity index (χ1v) is 10.1. The molecule has 2 aromatic carbocycles. The molecule has 0 unspecified atom stereocenters. The van der Waals surface area contributed by atoms with Crippen molar-refractivity contribution in [2.75, 3.05) is 11.1 Å². The van der Waals surface area contributed by atoms with E-state index in [0.29, 0.717) is 22.2 Å². The Balaban J connectivity index is 1.64. The third-order valence-corrected chi connectivity index (χ3v) is 5.66. The van der Waals surface area contributed by atoms with Crippen LogP contribution in [0.1, 0.15) is 22.4 Å². The molecule has 2 N–H and O–H groups in total. The van der Waals surface area contributed by atoms with Crippen LogP contribution in [0.4, 0.5) is 5.69 Å². The number of fused-ring (bicyclic) bond motifs is 1. The molecule has 0 aliphatic rings. The molecule has 27 heavy (non-hydrogen) atoms. The van der Waals surface area contributed by atoms with Crippen LogP contribution >= 0.6 is 23.4 Å². The van der Waals surface area contributed by atoms with Crippen LogP contribution in [0.25, 0.3) is 10.9 Å². The fourth-order valence-electron chi connectivity index (χ4n) is 3.03. The minimum atomic E-state index is -0.102. The number of aryl methyl sites for hydroxylation is 3. The summed E-state index contributed by atoms with van der Waals surface area (Å²) in [5.41, 5.74) is 5.40. The lowest BCUT2D eigenvalue weighted by Crippen LogP contribution is -2.14. The summed E-state index contributed by atoms with van der Waals surface area (Å²) < 4.78 is 0. The van der Waals surface area contributed by atoms with Gasteiger partial charge in [-0.15, -0.1) is 11.8 Å². The summed E-state index contributed by atoms with van der Waals surface area (Å²) >= 11 is 7.53. The van der Waals surface area contributed by atoms with Crippen LogP contribution in [0.15, 0.2) is 41.2 Å². The highest BCUT2D eigenvalue weighted by Gasteiger charge is 2.08. The van der Waals surface area contributed by atoms with E-state index >= 15 is 0 Å². The number of halogens is 1. The Labute approximate surface area is 167 Å². The number of amides is 1. The van der Waals surface area contributed by atoms with Crippen molar-refractivity contribution in [1.29, 1.82) is 0 Å². The molecule has 1 aromatic heterocycles. The van der Waals surface area contributed by atoms with Crippen molar-refractivity contribution < 1.29 is 4.79 Å². The molecule has 0 saturated heterocycles. The molecule has 0 saturated carbocycles. The van der Waals surface area contributed by atoms with Gasteiger partial charge in [-0.1, -0.05) is 23.7 Å². The first kappa shape index (κ1) is 19.5. The van der Waals surface area contributed by atoms with Crippen molar-refractivity contribution in [2.24, 2.45) is 0 Å². The summed E-state index contributed by atoms with van der Waals surface area (Å²) in [4.78, 5) is 27.8. The standard InChI is InChI=1S/C21H21ClN2O2S/c1-12-6-14(3)21-18(7-12)23-16(9-19(21)25)10-27-11-20(26)24-15-5-4-13(2)17(22)8-15/h4-9H,10-11H2,1-3H3,(H,23,25)(H,24,26). The van der Waals surface area contributed by atoms with Crippen molar-refractivity contribution in [2.45, 2.75) is 26.5 Å². The van der Waals surface area contributed by atoms with Crippen molar-refractivity contribution in [3.63, 3.8) is 0 Å². The molecule has 140 valence electrons. The second kappa shape index (κ2) is 8.19. The summed E-state index contributed by atoms with van der Waals surface area (Å²) in [7, 11) is 0. The molecule has 0 atom stereocenters. The van der Waals surface area contributed by atoms with Gasteiger partial charge in [0, 0.05) is 33.6 Å². The highest BCUT2D eigenvalue weighted by molar-refractivity contribution is 7.99. The summed E-state index contributed by atoms with van der Waals surface area (Å²) in [6.45, 7) is 5.87. The Hall–Kier alpha value is -2.24. The SMILES string of the molecule is Cc1cc(C)c2c(=O)cc(CSCC(=O)Nc3ccc(C)c(Cl)c3)[nH]c2c1. The number of benzene rings is 2. The Morgan fingerprint density at radius 1 is 1.11 bits per heavy atom. The molecular weight excluding hydrogens is 380 g/mol. The molecule has 1 heterocycles. The molecule has 3 rings (SSSR count). The third-order valence-electron chi connectivity index (χ3n) is 4.27. The molecule has 0 radical (unpaired) electrons. The Bertz CT molecular complexity index is 1080. The third kappa shape index (κ3) is 4.73. The fraction of sp³-hybridized carbons (Fsp3) is 0.238. The Morgan fingerprint density at radius 2 is 1.89 bits per heavy atom. The number of aromatic amines is 1. The van der Waals surface area contributed by atoms with Gasteiger partial charge in [-0.3, -0.25) is 9.59 Å². The number of aromatic nitrogens is 1. The van der Waals surface area contributed by atoms with Gasteiger partial charge in [0.15, 0.2) is 5.43 Å². The topological polar surface area (TPSA) is 62.0 Å². The first-order chi connectivity index (χ1) is 12.8. The van der Waals surface area contributed by atoms with Gasteiger partial charge in [0.05, 0.1) is 11.3 Å². The maximum Gasteiger partial charge on any atom is 0.234 e. The monoisotopic (exact) mass is 400 g/mol. The van der Waals surface area contributed by atoms with Crippen molar-refractivity contribution in [1.82, 2.24) is 4.98 Å². The lowest BCUT2D eigenvalue weighted by molar-refractivity contribution is -0.113. The average Bonchev–Trinajstić information content (AvgIpc) is 2.57. The van der Waals surface area contributed by atoms with Crippen molar-refractivity contribution in [3.8, 4) is 0 Å². The molecule has 0 bridgehead atoms. The van der Waals surface area contributed by atoms with Crippen LogP contribution in [0.2, 0.25) is 5.02 Å². The Kier molecular flexibility index (Phi) is 5.92. The Morgan fingerprint density at radius 3 is 2.63 bits per heavy atom. The number of H-pyrrole nitrogens is 1.